The van der Waals surface area contributed by atoms with Crippen LogP contribution in [0.1, 0.15) is 22.7 Å². The van der Waals surface area contributed by atoms with Crippen molar-refractivity contribution >= 4 is 29.1 Å². The van der Waals surface area contributed by atoms with Crippen LogP contribution in [-0.2, 0) is 25.5 Å². The summed E-state index contributed by atoms with van der Waals surface area (Å²) in [5, 5.41) is 11.4. The Morgan fingerprint density at radius 3 is 2.42 bits per heavy atom. The van der Waals surface area contributed by atoms with Crippen molar-refractivity contribution in [1.82, 2.24) is 0 Å². The van der Waals surface area contributed by atoms with E-state index < -0.39 is 23.7 Å². The van der Waals surface area contributed by atoms with Crippen molar-refractivity contribution < 1.29 is 38.4 Å². The highest BCUT2D eigenvalue weighted by atomic mass is 16.6. The zero-order chi connectivity index (χ0) is 26.8. The number of Topliss-reactive ketones (excluding diaryl/α,β-unsaturated/α-hetero) is 1. The molecule has 0 aromatic heterocycles. The summed E-state index contributed by atoms with van der Waals surface area (Å²) in [6.45, 7) is 0.773. The van der Waals surface area contributed by atoms with Gasteiger partial charge >= 0.3 is 5.97 Å². The molecule has 0 bridgehead atoms. The highest BCUT2D eigenvalue weighted by molar-refractivity contribution is 6.51. The fourth-order valence-electron chi connectivity index (χ4n) is 4.59. The number of carbonyl (C=O) groups excluding carboxylic acids is 3. The van der Waals surface area contributed by atoms with Crippen LogP contribution in [0.15, 0.2) is 72.3 Å². The Labute approximate surface area is 218 Å². The number of aliphatic hydroxyl groups excluding tert-OH is 1. The molecule has 0 aliphatic carbocycles. The van der Waals surface area contributed by atoms with Gasteiger partial charge in [-0.1, -0.05) is 24.3 Å². The molecule has 0 spiro atoms. The third kappa shape index (κ3) is 4.54. The van der Waals surface area contributed by atoms with Crippen LogP contribution in [0.4, 0.5) is 5.69 Å². The summed E-state index contributed by atoms with van der Waals surface area (Å²) in [5.41, 5.74) is 1.93. The number of anilines is 1. The van der Waals surface area contributed by atoms with E-state index >= 15 is 0 Å². The standard InChI is InChI=1S/C29H25NO8/c1-35-21-5-3-4-18(15-21)26-25(27(32)19-8-11-22-23(16-19)38-13-12-37-22)28(33)29(34)30(26)20-9-6-17(7-10-20)14-24(31)36-2/h3-11,15-16,26,32H,12-14H2,1-2H3/b27-25-. The number of benzene rings is 3. The molecule has 1 atom stereocenters. The summed E-state index contributed by atoms with van der Waals surface area (Å²) < 4.78 is 21.3. The number of rotatable bonds is 6. The number of ether oxygens (including phenoxy) is 4. The van der Waals surface area contributed by atoms with Crippen molar-refractivity contribution in [3.63, 3.8) is 0 Å². The predicted molar refractivity (Wildman–Crippen MR) is 137 cm³/mol. The molecule has 1 N–H and O–H groups in total. The average molecular weight is 516 g/mol. The summed E-state index contributed by atoms with van der Waals surface area (Å²) in [4.78, 5) is 39.8. The number of methoxy groups -OCH3 is 2. The number of hydrogen-bond donors (Lipinski definition) is 1. The Morgan fingerprint density at radius 1 is 0.974 bits per heavy atom. The Morgan fingerprint density at radius 2 is 1.71 bits per heavy atom. The molecule has 2 aliphatic rings. The monoisotopic (exact) mass is 515 g/mol. The van der Waals surface area contributed by atoms with E-state index in [1.54, 1.807) is 66.7 Å². The van der Waals surface area contributed by atoms with Crippen LogP contribution >= 0.6 is 0 Å². The first kappa shape index (κ1) is 24.9. The summed E-state index contributed by atoms with van der Waals surface area (Å²) in [7, 11) is 2.83. The van der Waals surface area contributed by atoms with E-state index in [0.717, 1.165) is 0 Å². The fourth-order valence-corrected chi connectivity index (χ4v) is 4.59. The van der Waals surface area contributed by atoms with Gasteiger partial charge < -0.3 is 24.1 Å². The number of aliphatic hydroxyl groups is 1. The SMILES string of the molecule is COC(=O)Cc1ccc(N2C(=O)C(=O)/C(=C(\O)c3ccc4c(c3)OCCO4)C2c2cccc(OC)c2)cc1. The number of esters is 1. The first-order valence-electron chi connectivity index (χ1n) is 11.9. The normalized spacial score (nSPS) is 17.8. The lowest BCUT2D eigenvalue weighted by Crippen LogP contribution is -2.29. The zero-order valence-corrected chi connectivity index (χ0v) is 20.8. The molecule has 0 saturated carbocycles. The Hall–Kier alpha value is -4.79. The maximum absolute atomic E-state index is 13.4. The fraction of sp³-hybridized carbons (Fsp3) is 0.207. The van der Waals surface area contributed by atoms with Crippen molar-refractivity contribution in [1.29, 1.82) is 0 Å². The van der Waals surface area contributed by atoms with Crippen molar-refractivity contribution in [3.8, 4) is 17.2 Å². The van der Waals surface area contributed by atoms with E-state index in [1.807, 2.05) is 0 Å². The molecule has 5 rings (SSSR count). The van der Waals surface area contributed by atoms with E-state index in [9.17, 15) is 19.5 Å². The second-order valence-electron chi connectivity index (χ2n) is 8.72. The lowest BCUT2D eigenvalue weighted by molar-refractivity contribution is -0.139. The zero-order valence-electron chi connectivity index (χ0n) is 20.8. The van der Waals surface area contributed by atoms with Crippen LogP contribution in [0, 0.1) is 0 Å². The lowest BCUT2D eigenvalue weighted by atomic mass is 9.94. The third-order valence-electron chi connectivity index (χ3n) is 6.46. The molecule has 1 fully saturated rings. The number of nitrogens with zero attached hydrogens (tertiary/aromatic N) is 1. The van der Waals surface area contributed by atoms with Crippen molar-refractivity contribution in [2.75, 3.05) is 32.3 Å². The maximum Gasteiger partial charge on any atom is 0.309 e. The summed E-state index contributed by atoms with van der Waals surface area (Å²) in [6.07, 6.45) is 0.0685. The summed E-state index contributed by atoms with van der Waals surface area (Å²) >= 11 is 0. The van der Waals surface area contributed by atoms with E-state index in [4.69, 9.17) is 18.9 Å². The molecule has 1 unspecified atom stereocenters. The molecular formula is C29H25NO8. The summed E-state index contributed by atoms with van der Waals surface area (Å²) in [5.74, 6) is -0.854. The molecule has 1 saturated heterocycles. The molecule has 194 valence electrons. The minimum absolute atomic E-state index is 0.0685. The maximum atomic E-state index is 13.4. The van der Waals surface area contributed by atoms with Gasteiger partial charge in [0.25, 0.3) is 11.7 Å². The van der Waals surface area contributed by atoms with E-state index in [0.29, 0.717) is 52.8 Å². The van der Waals surface area contributed by atoms with Crippen LogP contribution in [0.3, 0.4) is 0 Å². The number of ketones is 1. The van der Waals surface area contributed by atoms with Crippen molar-refractivity contribution in [3.05, 3.63) is 89.0 Å². The number of amides is 1. The highest BCUT2D eigenvalue weighted by Gasteiger charge is 2.47. The molecule has 3 aromatic rings. The van der Waals surface area contributed by atoms with Gasteiger partial charge in [0.15, 0.2) is 11.5 Å². The Bertz CT molecular complexity index is 1440. The molecule has 2 heterocycles. The van der Waals surface area contributed by atoms with Crippen LogP contribution in [0.2, 0.25) is 0 Å². The van der Waals surface area contributed by atoms with Gasteiger partial charge in [-0.3, -0.25) is 19.3 Å². The van der Waals surface area contributed by atoms with Gasteiger partial charge in [0.05, 0.1) is 32.3 Å². The smallest absolute Gasteiger partial charge is 0.309 e. The first-order chi connectivity index (χ1) is 18.4. The minimum Gasteiger partial charge on any atom is -0.507 e. The molecule has 3 aromatic carbocycles. The van der Waals surface area contributed by atoms with Crippen LogP contribution in [0.25, 0.3) is 5.76 Å². The van der Waals surface area contributed by atoms with Crippen molar-refractivity contribution in [2.24, 2.45) is 0 Å². The molecule has 1 amide bonds. The molecule has 0 radical (unpaired) electrons. The topological polar surface area (TPSA) is 112 Å². The number of fused-ring (bicyclic) bond motifs is 1. The molecule has 2 aliphatic heterocycles. The molecular weight excluding hydrogens is 490 g/mol. The third-order valence-corrected chi connectivity index (χ3v) is 6.46. The highest BCUT2D eigenvalue weighted by Crippen LogP contribution is 2.43. The van der Waals surface area contributed by atoms with Gasteiger partial charge in [-0.05, 0) is 53.6 Å². The van der Waals surface area contributed by atoms with Crippen LogP contribution < -0.4 is 19.1 Å². The Kier molecular flexibility index (Phi) is 6.74. The van der Waals surface area contributed by atoms with Gasteiger partial charge in [0, 0.05) is 11.3 Å². The lowest BCUT2D eigenvalue weighted by Gasteiger charge is -2.26. The Balaban J connectivity index is 1.63. The summed E-state index contributed by atoms with van der Waals surface area (Å²) in [6, 6.07) is 17.6. The van der Waals surface area contributed by atoms with Gasteiger partial charge in [-0.15, -0.1) is 0 Å². The second-order valence-corrected chi connectivity index (χ2v) is 8.72. The van der Waals surface area contributed by atoms with E-state index in [2.05, 4.69) is 0 Å². The van der Waals surface area contributed by atoms with Crippen LogP contribution in [0.5, 0.6) is 17.2 Å². The van der Waals surface area contributed by atoms with Gasteiger partial charge in [0.1, 0.15) is 24.7 Å². The van der Waals surface area contributed by atoms with E-state index in [-0.39, 0.29) is 17.8 Å². The average Bonchev–Trinajstić information content (AvgIpc) is 3.22. The predicted octanol–water partition coefficient (Wildman–Crippen LogP) is 3.81. The van der Waals surface area contributed by atoms with Gasteiger partial charge in [-0.2, -0.15) is 0 Å². The van der Waals surface area contributed by atoms with Crippen molar-refractivity contribution in [2.45, 2.75) is 12.5 Å². The van der Waals surface area contributed by atoms with E-state index in [1.165, 1.54) is 19.1 Å². The second kappa shape index (κ2) is 10.3. The number of carbonyl (C=O) groups is 3. The minimum atomic E-state index is -0.940. The van der Waals surface area contributed by atoms with Gasteiger partial charge in [0.2, 0.25) is 0 Å². The molecule has 9 heteroatoms. The molecule has 38 heavy (non-hydrogen) atoms. The largest absolute Gasteiger partial charge is 0.507 e. The number of hydrogen-bond acceptors (Lipinski definition) is 8. The van der Waals surface area contributed by atoms with Crippen LogP contribution in [-0.4, -0.2) is 50.2 Å². The van der Waals surface area contributed by atoms with Gasteiger partial charge in [-0.25, -0.2) is 0 Å². The quantitative estimate of drug-likeness (QED) is 0.228. The first-order valence-corrected chi connectivity index (χ1v) is 11.9. The molecule has 9 nitrogen and oxygen atoms in total.